The first-order chi connectivity index (χ1) is 21.7. The highest BCUT2D eigenvalue weighted by Gasteiger charge is 2.35. The number of likely N-dealkylation sites (N-methyl/N-ethyl adjacent to an activating group) is 10. The van der Waals surface area contributed by atoms with Crippen LogP contribution in [-0.4, -0.2) is 248 Å². The van der Waals surface area contributed by atoms with Crippen molar-refractivity contribution in [2.45, 2.75) is 57.3 Å². The first kappa shape index (κ1) is 41.3. The third kappa shape index (κ3) is 15.6. The summed E-state index contributed by atoms with van der Waals surface area (Å²) in [4.78, 5) is 34.0. The first-order valence-electron chi connectivity index (χ1n) is 18.1. The molecule has 0 aromatic carbocycles. The molecule has 0 aliphatic carbocycles. The zero-order valence-corrected chi connectivity index (χ0v) is 32.4. The van der Waals surface area contributed by atoms with Gasteiger partial charge in [-0.05, 0) is 110 Å². The Balaban J connectivity index is 0.000000201. The summed E-state index contributed by atoms with van der Waals surface area (Å²) in [5.41, 5.74) is 0. The van der Waals surface area contributed by atoms with E-state index in [4.69, 9.17) is 0 Å². The molecule has 6 rings (SSSR count). The van der Waals surface area contributed by atoms with Crippen molar-refractivity contribution < 1.29 is 4.79 Å². The van der Waals surface area contributed by atoms with Gasteiger partial charge in [0.05, 0.1) is 6.54 Å². The van der Waals surface area contributed by atoms with Crippen molar-refractivity contribution >= 4 is 5.91 Å². The van der Waals surface area contributed by atoms with Gasteiger partial charge in [0.15, 0.2) is 0 Å². The highest BCUT2D eigenvalue weighted by molar-refractivity contribution is 5.78. The first-order valence-corrected chi connectivity index (χ1v) is 18.1. The highest BCUT2D eigenvalue weighted by Crippen LogP contribution is 2.27. The lowest BCUT2D eigenvalue weighted by molar-refractivity contribution is -0.133. The minimum absolute atomic E-state index is 0.226. The van der Waals surface area contributed by atoms with Crippen LogP contribution in [0.5, 0.6) is 0 Å². The number of amides is 1. The topological polar surface area (TPSA) is 49.5 Å². The summed E-state index contributed by atoms with van der Waals surface area (Å²) in [7, 11) is 21.5. The molecule has 1 amide bonds. The average molecular weight is 653 g/mol. The van der Waals surface area contributed by atoms with Crippen LogP contribution in [0.3, 0.4) is 0 Å². The molecule has 0 saturated carbocycles. The molecule has 0 radical (unpaired) electrons. The number of hydrogen-bond donors (Lipinski definition) is 0. The predicted molar refractivity (Wildman–Crippen MR) is 196 cm³/mol. The summed E-state index contributed by atoms with van der Waals surface area (Å²) in [5.74, 6) is 0.226. The van der Waals surface area contributed by atoms with Crippen LogP contribution in [0.2, 0.25) is 0 Å². The zero-order chi connectivity index (χ0) is 34.4. The summed E-state index contributed by atoms with van der Waals surface area (Å²) in [6.07, 6.45) is 4.17. The molecule has 2 bridgehead atoms. The summed E-state index contributed by atoms with van der Waals surface area (Å²) in [5, 5.41) is 0. The Morgan fingerprint density at radius 3 is 1.20 bits per heavy atom. The van der Waals surface area contributed by atoms with E-state index in [-0.39, 0.29) is 5.91 Å². The second-order valence-corrected chi connectivity index (χ2v) is 15.5. The minimum atomic E-state index is 0.226. The van der Waals surface area contributed by atoms with Crippen molar-refractivity contribution in [3.63, 3.8) is 0 Å². The molecule has 6 fully saturated rings. The van der Waals surface area contributed by atoms with Gasteiger partial charge >= 0.3 is 0 Å². The molecule has 11 nitrogen and oxygen atoms in total. The predicted octanol–water partition coefficient (Wildman–Crippen LogP) is 0.543. The van der Waals surface area contributed by atoms with Crippen LogP contribution in [0.15, 0.2) is 0 Å². The third-order valence-corrected chi connectivity index (χ3v) is 10.9. The van der Waals surface area contributed by atoms with Crippen LogP contribution in [0.25, 0.3) is 0 Å². The summed E-state index contributed by atoms with van der Waals surface area (Å²) in [6, 6.07) is 3.16. The molecule has 4 atom stereocenters. The lowest BCUT2D eigenvalue weighted by Gasteiger charge is -2.40. The van der Waals surface area contributed by atoms with Gasteiger partial charge in [0.2, 0.25) is 5.91 Å². The van der Waals surface area contributed by atoms with Gasteiger partial charge in [-0.2, -0.15) is 0 Å². The van der Waals surface area contributed by atoms with E-state index in [0.717, 1.165) is 25.2 Å². The molecule has 0 aromatic heterocycles. The van der Waals surface area contributed by atoms with E-state index in [1.165, 1.54) is 97.8 Å². The fraction of sp³-hybridized carbons (Fsp3) is 0.971. The maximum Gasteiger partial charge on any atom is 0.236 e. The number of likely N-dealkylation sites (tertiary alicyclic amines) is 1. The van der Waals surface area contributed by atoms with Crippen molar-refractivity contribution in [1.29, 1.82) is 0 Å². The van der Waals surface area contributed by atoms with Gasteiger partial charge in [-0.3, -0.25) is 19.5 Å². The molecule has 0 aromatic rings. The Morgan fingerprint density at radius 2 is 0.804 bits per heavy atom. The molecule has 6 heterocycles. The molecule has 46 heavy (non-hydrogen) atoms. The lowest BCUT2D eigenvalue weighted by atomic mass is 10.1. The van der Waals surface area contributed by atoms with Gasteiger partial charge in [0.1, 0.15) is 0 Å². The number of piperazine rings is 4. The lowest BCUT2D eigenvalue weighted by Crippen LogP contribution is -2.53. The van der Waals surface area contributed by atoms with Gasteiger partial charge in [-0.25, -0.2) is 0 Å². The molecule has 11 heteroatoms. The summed E-state index contributed by atoms with van der Waals surface area (Å²) in [6.45, 7) is 21.9. The van der Waals surface area contributed by atoms with Crippen LogP contribution < -0.4 is 0 Å². The van der Waals surface area contributed by atoms with E-state index in [1.54, 1.807) is 4.90 Å². The maximum atomic E-state index is 10.9. The number of carbonyl (C=O) groups excluding carboxylic acids is 1. The number of hydrogen-bond acceptors (Lipinski definition) is 10. The third-order valence-electron chi connectivity index (χ3n) is 10.9. The summed E-state index contributed by atoms with van der Waals surface area (Å²) < 4.78 is 0. The standard InChI is InChI=1S/C8H16N2.C8H18N2.C7H16N2.C6H12N2O.C6H14N2/c1-9-5-7-3-4-8(6-9)10(7)2;1-7-5-9(3)6-8(2)10(7)4;1-8-4-3-5-9(2)7-6-8;1-7-3-4-8(2)6(9)5-7;1-7-3-5-8(2)6-4-7/h7-8H,3-6H2,1-2H3;7-8H,5-6H2,1-4H3;3-7H2,1-2H3;3-5H2,1-2H3;3-6H2,1-2H3/t;7-,8+;;;. The number of nitrogens with zero attached hydrogens (tertiary/aromatic N) is 10. The average Bonchev–Trinajstić information content (AvgIpc) is 3.13. The van der Waals surface area contributed by atoms with Crippen LogP contribution in [0.4, 0.5) is 0 Å². The van der Waals surface area contributed by atoms with Crippen LogP contribution in [-0.2, 0) is 4.79 Å². The largest absolute Gasteiger partial charge is 0.343 e. The molecular formula is C35H76N10O. The number of carbonyl (C=O) groups is 1. The van der Waals surface area contributed by atoms with Gasteiger partial charge in [-0.15, -0.1) is 0 Å². The van der Waals surface area contributed by atoms with Crippen molar-refractivity contribution in [2.24, 2.45) is 0 Å². The fourth-order valence-corrected chi connectivity index (χ4v) is 6.95. The molecule has 6 aliphatic heterocycles. The van der Waals surface area contributed by atoms with E-state index in [0.29, 0.717) is 18.6 Å². The Hall–Kier alpha value is -0.890. The smallest absolute Gasteiger partial charge is 0.236 e. The van der Waals surface area contributed by atoms with E-state index in [2.05, 4.69) is 109 Å². The Bertz CT molecular complexity index is 781. The van der Waals surface area contributed by atoms with E-state index < -0.39 is 0 Å². The number of fused-ring (bicyclic) bond motifs is 2. The van der Waals surface area contributed by atoms with Gasteiger partial charge < -0.3 is 34.3 Å². The van der Waals surface area contributed by atoms with Crippen LogP contribution in [0.1, 0.15) is 33.1 Å². The van der Waals surface area contributed by atoms with Crippen molar-refractivity contribution in [3.8, 4) is 0 Å². The van der Waals surface area contributed by atoms with Crippen LogP contribution in [0, 0.1) is 0 Å². The zero-order valence-electron chi connectivity index (χ0n) is 32.4. The Morgan fingerprint density at radius 1 is 0.435 bits per heavy atom. The molecular weight excluding hydrogens is 576 g/mol. The molecule has 6 saturated heterocycles. The van der Waals surface area contributed by atoms with E-state index >= 15 is 0 Å². The quantitative estimate of drug-likeness (QED) is 0.371. The molecule has 0 N–H and O–H groups in total. The minimum Gasteiger partial charge on any atom is -0.343 e. The molecule has 2 unspecified atom stereocenters. The van der Waals surface area contributed by atoms with E-state index in [9.17, 15) is 4.79 Å². The van der Waals surface area contributed by atoms with E-state index in [1.807, 2.05) is 19.0 Å². The van der Waals surface area contributed by atoms with Crippen molar-refractivity contribution in [1.82, 2.24) is 49.0 Å². The monoisotopic (exact) mass is 653 g/mol. The maximum absolute atomic E-state index is 10.9. The van der Waals surface area contributed by atoms with Crippen molar-refractivity contribution in [3.05, 3.63) is 0 Å². The second kappa shape index (κ2) is 21.3. The summed E-state index contributed by atoms with van der Waals surface area (Å²) >= 11 is 0. The van der Waals surface area contributed by atoms with Crippen molar-refractivity contribution in [2.75, 3.05) is 169 Å². The van der Waals surface area contributed by atoms with Gasteiger partial charge in [0.25, 0.3) is 0 Å². The Labute approximate surface area is 285 Å². The highest BCUT2D eigenvalue weighted by atomic mass is 16.2. The Kier molecular flexibility index (Phi) is 19.1. The normalized spacial score (nSPS) is 31.7. The molecule has 6 aliphatic rings. The second-order valence-electron chi connectivity index (χ2n) is 15.5. The fourth-order valence-electron chi connectivity index (χ4n) is 6.95. The molecule has 0 spiro atoms. The molecule has 272 valence electrons. The van der Waals surface area contributed by atoms with Crippen LogP contribution >= 0.6 is 0 Å². The van der Waals surface area contributed by atoms with Gasteiger partial charge in [-0.1, -0.05) is 0 Å². The number of rotatable bonds is 0. The van der Waals surface area contributed by atoms with Gasteiger partial charge in [0, 0.05) is 110 Å². The SMILES string of the molecule is CN1CC2CCC(C1)N2C.CN1CCCN(C)CC1.CN1CCN(C)C(=O)C1.CN1CCN(C)CC1.C[C@@H]1CN(C)C[C@H](C)N1C.